The fourth-order valence-corrected chi connectivity index (χ4v) is 2.59. The Kier molecular flexibility index (Phi) is 6.22. The quantitative estimate of drug-likeness (QED) is 0.583. The van der Waals surface area contributed by atoms with E-state index in [2.05, 4.69) is 0 Å². The lowest BCUT2D eigenvalue weighted by atomic mass is 9.80. The Balaban J connectivity index is 2.21. The zero-order valence-electron chi connectivity index (χ0n) is 9.83. The fourth-order valence-electron chi connectivity index (χ4n) is 2.59. The highest BCUT2D eigenvalue weighted by Gasteiger charge is 2.24. The minimum atomic E-state index is 0.180. The van der Waals surface area contributed by atoms with E-state index in [0.717, 1.165) is 25.8 Å². The zero-order valence-corrected chi connectivity index (χ0v) is 9.83. The number of nitrogens with two attached hydrogens (primary N) is 3. The van der Waals surface area contributed by atoms with Gasteiger partial charge in [-0.15, -0.1) is 0 Å². The fraction of sp³-hybridized carbons (Fsp3) is 1.00. The molecule has 0 aromatic rings. The molecule has 0 heterocycles. The molecule has 1 aliphatic rings. The van der Waals surface area contributed by atoms with E-state index < -0.39 is 0 Å². The summed E-state index contributed by atoms with van der Waals surface area (Å²) < 4.78 is 0. The Labute approximate surface area is 93.8 Å². The standard InChI is InChI=1S/C12H27N3/c13-9-5-4-8-11(14)12(15)10-6-2-1-3-7-10/h10-12H,1-9,13-15H2. The van der Waals surface area contributed by atoms with Gasteiger partial charge in [0.05, 0.1) is 0 Å². The van der Waals surface area contributed by atoms with Crippen molar-refractivity contribution < 1.29 is 0 Å². The summed E-state index contributed by atoms with van der Waals surface area (Å²) in [4.78, 5) is 0. The lowest BCUT2D eigenvalue weighted by Crippen LogP contribution is -2.47. The van der Waals surface area contributed by atoms with Gasteiger partial charge >= 0.3 is 0 Å². The van der Waals surface area contributed by atoms with Crippen LogP contribution in [0.4, 0.5) is 0 Å². The van der Waals surface area contributed by atoms with Gasteiger partial charge in [0, 0.05) is 12.1 Å². The second kappa shape index (κ2) is 7.20. The van der Waals surface area contributed by atoms with Gasteiger partial charge in [-0.25, -0.2) is 0 Å². The summed E-state index contributed by atoms with van der Waals surface area (Å²) in [6.45, 7) is 0.769. The third kappa shape index (κ3) is 4.49. The number of hydrogen-bond acceptors (Lipinski definition) is 3. The van der Waals surface area contributed by atoms with Crippen molar-refractivity contribution in [3.8, 4) is 0 Å². The van der Waals surface area contributed by atoms with Gasteiger partial charge in [-0.05, 0) is 38.1 Å². The van der Waals surface area contributed by atoms with E-state index in [9.17, 15) is 0 Å². The van der Waals surface area contributed by atoms with Crippen LogP contribution in [0.5, 0.6) is 0 Å². The van der Waals surface area contributed by atoms with E-state index in [1.165, 1.54) is 32.1 Å². The molecule has 0 spiro atoms. The monoisotopic (exact) mass is 213 g/mol. The molecule has 6 N–H and O–H groups in total. The van der Waals surface area contributed by atoms with E-state index in [1.54, 1.807) is 0 Å². The molecule has 0 aromatic carbocycles. The lowest BCUT2D eigenvalue weighted by Gasteiger charge is -2.31. The maximum Gasteiger partial charge on any atom is 0.0220 e. The highest BCUT2D eigenvalue weighted by Crippen LogP contribution is 2.27. The average Bonchev–Trinajstić information content (AvgIpc) is 2.29. The van der Waals surface area contributed by atoms with Crippen LogP contribution in [0.15, 0.2) is 0 Å². The number of unbranched alkanes of at least 4 members (excludes halogenated alkanes) is 1. The molecule has 2 atom stereocenters. The Morgan fingerprint density at radius 1 is 1.00 bits per heavy atom. The van der Waals surface area contributed by atoms with Crippen LogP contribution >= 0.6 is 0 Å². The molecule has 0 radical (unpaired) electrons. The molecule has 0 aromatic heterocycles. The van der Waals surface area contributed by atoms with Crippen LogP contribution in [0, 0.1) is 5.92 Å². The largest absolute Gasteiger partial charge is 0.330 e. The van der Waals surface area contributed by atoms with Crippen molar-refractivity contribution in [2.75, 3.05) is 6.54 Å². The van der Waals surface area contributed by atoms with E-state index in [0.29, 0.717) is 5.92 Å². The van der Waals surface area contributed by atoms with Crippen LogP contribution in [0.2, 0.25) is 0 Å². The molecular formula is C12H27N3. The molecule has 15 heavy (non-hydrogen) atoms. The molecule has 1 aliphatic carbocycles. The molecular weight excluding hydrogens is 186 g/mol. The first-order chi connectivity index (χ1) is 7.25. The van der Waals surface area contributed by atoms with Crippen molar-refractivity contribution in [2.24, 2.45) is 23.1 Å². The summed E-state index contributed by atoms with van der Waals surface area (Å²) >= 11 is 0. The van der Waals surface area contributed by atoms with E-state index in [4.69, 9.17) is 17.2 Å². The molecule has 0 amide bonds. The van der Waals surface area contributed by atoms with Crippen LogP contribution < -0.4 is 17.2 Å². The molecule has 0 saturated heterocycles. The van der Waals surface area contributed by atoms with Crippen molar-refractivity contribution in [2.45, 2.75) is 63.5 Å². The number of hydrogen-bond donors (Lipinski definition) is 3. The van der Waals surface area contributed by atoms with Crippen molar-refractivity contribution in [1.29, 1.82) is 0 Å². The van der Waals surface area contributed by atoms with Crippen LogP contribution in [0.25, 0.3) is 0 Å². The summed E-state index contributed by atoms with van der Waals surface area (Å²) in [7, 11) is 0. The maximum absolute atomic E-state index is 6.22. The summed E-state index contributed by atoms with van der Waals surface area (Å²) in [6, 6.07) is 0.391. The van der Waals surface area contributed by atoms with Crippen molar-refractivity contribution in [1.82, 2.24) is 0 Å². The van der Waals surface area contributed by atoms with Gasteiger partial charge in [0.25, 0.3) is 0 Å². The molecule has 90 valence electrons. The molecule has 0 aliphatic heterocycles. The zero-order chi connectivity index (χ0) is 11.1. The summed E-state index contributed by atoms with van der Waals surface area (Å²) in [6.07, 6.45) is 9.86. The Morgan fingerprint density at radius 3 is 2.27 bits per heavy atom. The van der Waals surface area contributed by atoms with E-state index in [1.807, 2.05) is 0 Å². The first-order valence-electron chi connectivity index (χ1n) is 6.47. The molecule has 1 fully saturated rings. The molecule has 3 heteroatoms. The lowest BCUT2D eigenvalue weighted by molar-refractivity contribution is 0.270. The third-order valence-corrected chi connectivity index (χ3v) is 3.68. The topological polar surface area (TPSA) is 78.1 Å². The Morgan fingerprint density at radius 2 is 1.67 bits per heavy atom. The molecule has 0 bridgehead atoms. The minimum absolute atomic E-state index is 0.180. The smallest absolute Gasteiger partial charge is 0.0220 e. The van der Waals surface area contributed by atoms with Gasteiger partial charge in [0.1, 0.15) is 0 Å². The average molecular weight is 213 g/mol. The number of rotatable bonds is 6. The van der Waals surface area contributed by atoms with Crippen molar-refractivity contribution >= 4 is 0 Å². The van der Waals surface area contributed by atoms with E-state index >= 15 is 0 Å². The predicted octanol–water partition coefficient (Wildman–Crippen LogP) is 1.35. The van der Waals surface area contributed by atoms with Crippen LogP contribution in [-0.2, 0) is 0 Å². The predicted molar refractivity (Wildman–Crippen MR) is 65.4 cm³/mol. The molecule has 3 nitrogen and oxygen atoms in total. The van der Waals surface area contributed by atoms with Gasteiger partial charge in [-0.3, -0.25) is 0 Å². The van der Waals surface area contributed by atoms with Crippen LogP contribution in [-0.4, -0.2) is 18.6 Å². The maximum atomic E-state index is 6.22. The summed E-state index contributed by atoms with van der Waals surface area (Å²) in [5, 5.41) is 0. The third-order valence-electron chi connectivity index (χ3n) is 3.68. The SMILES string of the molecule is NCCCCC(N)C(N)C1CCCCC1. The van der Waals surface area contributed by atoms with Gasteiger partial charge in [-0.2, -0.15) is 0 Å². The van der Waals surface area contributed by atoms with Crippen LogP contribution in [0.3, 0.4) is 0 Å². The molecule has 1 rings (SSSR count). The minimum Gasteiger partial charge on any atom is -0.330 e. The Bertz CT molecular complexity index is 155. The van der Waals surface area contributed by atoms with Gasteiger partial charge in [-0.1, -0.05) is 25.7 Å². The first kappa shape index (κ1) is 12.9. The van der Waals surface area contributed by atoms with Crippen molar-refractivity contribution in [3.63, 3.8) is 0 Å². The highest BCUT2D eigenvalue weighted by molar-refractivity contribution is 4.84. The summed E-state index contributed by atoms with van der Waals surface area (Å²) in [5.41, 5.74) is 17.8. The van der Waals surface area contributed by atoms with Crippen LogP contribution in [0.1, 0.15) is 51.4 Å². The Hall–Kier alpha value is -0.120. The van der Waals surface area contributed by atoms with Gasteiger partial charge in [0.2, 0.25) is 0 Å². The van der Waals surface area contributed by atoms with Gasteiger partial charge in [0.15, 0.2) is 0 Å². The van der Waals surface area contributed by atoms with Gasteiger partial charge < -0.3 is 17.2 Å². The van der Waals surface area contributed by atoms with E-state index in [-0.39, 0.29) is 12.1 Å². The highest BCUT2D eigenvalue weighted by atomic mass is 14.8. The summed E-state index contributed by atoms with van der Waals surface area (Å²) in [5.74, 6) is 0.673. The van der Waals surface area contributed by atoms with Crippen molar-refractivity contribution in [3.05, 3.63) is 0 Å². The second-order valence-electron chi connectivity index (χ2n) is 4.92. The normalized spacial score (nSPS) is 22.6. The second-order valence-corrected chi connectivity index (χ2v) is 4.92. The first-order valence-corrected chi connectivity index (χ1v) is 6.47. The molecule has 1 saturated carbocycles. The molecule has 2 unspecified atom stereocenters.